The van der Waals surface area contributed by atoms with Crippen LogP contribution in [-0.4, -0.2) is 11.0 Å². The average molecular weight is 383 g/mol. The third-order valence-corrected chi connectivity index (χ3v) is 4.21. The molecule has 0 aliphatic heterocycles. The lowest BCUT2D eigenvalue weighted by atomic mass is 10.1. The molecule has 0 aliphatic rings. The maximum Gasteiger partial charge on any atom is 0.308 e. The van der Waals surface area contributed by atoms with E-state index in [-0.39, 0.29) is 10.8 Å². The standard InChI is InChI=1S/C20H12Cl2N2O2/c1-12(25)26-20-18(22)10-17(21)16-9-8-15(24-19(16)20)7-6-13-4-2-3-5-14(13)11-23/h2-10H,1H3/b7-6+. The number of ether oxygens (including phenoxy) is 1. The van der Waals surface area contributed by atoms with Crippen LogP contribution in [-0.2, 0) is 4.79 Å². The number of esters is 1. The van der Waals surface area contributed by atoms with Gasteiger partial charge in [-0.05, 0) is 35.9 Å². The molecule has 0 saturated carbocycles. The van der Waals surface area contributed by atoms with Gasteiger partial charge in [-0.1, -0.05) is 47.5 Å². The Morgan fingerprint density at radius 1 is 1.15 bits per heavy atom. The van der Waals surface area contributed by atoms with Crippen molar-refractivity contribution in [3.05, 3.63) is 69.3 Å². The molecule has 0 aliphatic carbocycles. The first kappa shape index (κ1) is 17.9. The highest BCUT2D eigenvalue weighted by Crippen LogP contribution is 2.37. The summed E-state index contributed by atoms with van der Waals surface area (Å²) in [7, 11) is 0. The van der Waals surface area contributed by atoms with E-state index < -0.39 is 5.97 Å². The summed E-state index contributed by atoms with van der Waals surface area (Å²) in [6, 6.07) is 14.5. The number of fused-ring (bicyclic) bond motifs is 1. The molecule has 0 fully saturated rings. The molecule has 0 atom stereocenters. The number of pyridine rings is 1. The van der Waals surface area contributed by atoms with Crippen LogP contribution in [0.2, 0.25) is 10.0 Å². The lowest BCUT2D eigenvalue weighted by molar-refractivity contribution is -0.131. The van der Waals surface area contributed by atoms with Crippen molar-refractivity contribution in [1.29, 1.82) is 5.26 Å². The Labute approximate surface area is 160 Å². The summed E-state index contributed by atoms with van der Waals surface area (Å²) in [6.07, 6.45) is 3.56. The summed E-state index contributed by atoms with van der Waals surface area (Å²) in [5.74, 6) is -0.326. The van der Waals surface area contributed by atoms with Crippen molar-refractivity contribution in [1.82, 2.24) is 4.98 Å². The third kappa shape index (κ3) is 3.70. The zero-order chi connectivity index (χ0) is 18.7. The van der Waals surface area contributed by atoms with Gasteiger partial charge in [0.2, 0.25) is 0 Å². The first-order valence-electron chi connectivity index (χ1n) is 7.64. The van der Waals surface area contributed by atoms with E-state index in [1.165, 1.54) is 13.0 Å². The SMILES string of the molecule is CC(=O)Oc1c(Cl)cc(Cl)c2ccc(/C=C/c3ccccc3C#N)nc12. The molecule has 0 bridgehead atoms. The number of aromatic nitrogens is 1. The molecular weight excluding hydrogens is 371 g/mol. The van der Waals surface area contributed by atoms with Crippen molar-refractivity contribution < 1.29 is 9.53 Å². The quantitative estimate of drug-likeness (QED) is 0.442. The minimum atomic E-state index is -0.499. The van der Waals surface area contributed by atoms with Gasteiger partial charge in [0.1, 0.15) is 5.52 Å². The Morgan fingerprint density at radius 3 is 2.65 bits per heavy atom. The van der Waals surface area contributed by atoms with Crippen LogP contribution in [0.15, 0.2) is 42.5 Å². The predicted molar refractivity (Wildman–Crippen MR) is 103 cm³/mol. The zero-order valence-corrected chi connectivity index (χ0v) is 15.2. The van der Waals surface area contributed by atoms with Gasteiger partial charge in [-0.25, -0.2) is 4.98 Å². The molecule has 0 spiro atoms. The zero-order valence-electron chi connectivity index (χ0n) is 13.7. The molecule has 0 N–H and O–H groups in total. The minimum absolute atomic E-state index is 0.172. The first-order valence-corrected chi connectivity index (χ1v) is 8.39. The van der Waals surface area contributed by atoms with Crippen LogP contribution >= 0.6 is 23.2 Å². The number of benzene rings is 2. The summed E-state index contributed by atoms with van der Waals surface area (Å²) in [6.45, 7) is 1.29. The van der Waals surface area contributed by atoms with Crippen LogP contribution < -0.4 is 4.74 Å². The van der Waals surface area contributed by atoms with Crippen LogP contribution in [0.25, 0.3) is 23.1 Å². The smallest absolute Gasteiger partial charge is 0.308 e. The number of carbonyl (C=O) groups is 1. The molecule has 0 radical (unpaired) electrons. The molecule has 0 saturated heterocycles. The predicted octanol–water partition coefficient (Wildman–Crippen LogP) is 5.51. The molecule has 0 amide bonds. The summed E-state index contributed by atoms with van der Waals surface area (Å²) in [4.78, 5) is 15.9. The van der Waals surface area contributed by atoms with Crippen molar-refractivity contribution in [3.63, 3.8) is 0 Å². The normalized spacial score (nSPS) is 10.8. The van der Waals surface area contributed by atoms with E-state index in [2.05, 4.69) is 11.1 Å². The molecule has 2 aromatic carbocycles. The molecule has 3 aromatic rings. The van der Waals surface area contributed by atoms with Gasteiger partial charge in [-0.2, -0.15) is 5.26 Å². The van der Waals surface area contributed by atoms with E-state index in [0.717, 1.165) is 5.56 Å². The van der Waals surface area contributed by atoms with Gasteiger partial charge in [-0.15, -0.1) is 0 Å². The van der Waals surface area contributed by atoms with Gasteiger partial charge in [0.15, 0.2) is 5.75 Å². The van der Waals surface area contributed by atoms with Crippen LogP contribution in [0.1, 0.15) is 23.7 Å². The van der Waals surface area contributed by atoms with Gasteiger partial charge in [-0.3, -0.25) is 4.79 Å². The van der Waals surface area contributed by atoms with Crippen molar-refractivity contribution in [2.24, 2.45) is 0 Å². The fourth-order valence-electron chi connectivity index (χ4n) is 2.46. The summed E-state index contributed by atoms with van der Waals surface area (Å²) in [5, 5.41) is 10.4. The second kappa shape index (κ2) is 7.57. The molecule has 1 heterocycles. The summed E-state index contributed by atoms with van der Waals surface area (Å²) >= 11 is 12.4. The lowest BCUT2D eigenvalue weighted by Crippen LogP contribution is -2.03. The van der Waals surface area contributed by atoms with E-state index in [1.807, 2.05) is 12.1 Å². The molecule has 0 unspecified atom stereocenters. The average Bonchev–Trinajstić information content (AvgIpc) is 2.63. The van der Waals surface area contributed by atoms with Gasteiger partial charge >= 0.3 is 5.97 Å². The second-order valence-electron chi connectivity index (χ2n) is 5.43. The lowest BCUT2D eigenvalue weighted by Gasteiger charge is -2.10. The van der Waals surface area contributed by atoms with Crippen LogP contribution in [0.5, 0.6) is 5.75 Å². The Kier molecular flexibility index (Phi) is 5.22. The highest BCUT2D eigenvalue weighted by molar-refractivity contribution is 6.39. The number of nitrogens with zero attached hydrogens (tertiary/aromatic N) is 2. The Morgan fingerprint density at radius 2 is 1.92 bits per heavy atom. The number of nitriles is 1. The summed E-state index contributed by atoms with van der Waals surface area (Å²) in [5.41, 5.74) is 2.35. The number of hydrogen-bond acceptors (Lipinski definition) is 4. The Balaban J connectivity index is 2.10. The van der Waals surface area contributed by atoms with Crippen LogP contribution in [0.3, 0.4) is 0 Å². The van der Waals surface area contributed by atoms with Crippen molar-refractivity contribution in [2.75, 3.05) is 0 Å². The monoisotopic (exact) mass is 382 g/mol. The van der Waals surface area contributed by atoms with Crippen molar-refractivity contribution >= 4 is 52.2 Å². The number of halogens is 2. The molecule has 3 rings (SSSR count). The van der Waals surface area contributed by atoms with Gasteiger partial charge in [0.05, 0.1) is 27.4 Å². The molecule has 26 heavy (non-hydrogen) atoms. The summed E-state index contributed by atoms with van der Waals surface area (Å²) < 4.78 is 5.21. The topological polar surface area (TPSA) is 63.0 Å². The van der Waals surface area contributed by atoms with Gasteiger partial charge in [0, 0.05) is 12.3 Å². The van der Waals surface area contributed by atoms with E-state index in [4.69, 9.17) is 33.2 Å². The molecule has 128 valence electrons. The Hall–Kier alpha value is -2.87. The highest BCUT2D eigenvalue weighted by atomic mass is 35.5. The number of hydrogen-bond donors (Lipinski definition) is 0. The van der Waals surface area contributed by atoms with Crippen molar-refractivity contribution in [2.45, 2.75) is 6.92 Å². The first-order chi connectivity index (χ1) is 12.5. The highest BCUT2D eigenvalue weighted by Gasteiger charge is 2.15. The molecule has 6 heteroatoms. The van der Waals surface area contributed by atoms with E-state index in [1.54, 1.807) is 36.4 Å². The largest absolute Gasteiger partial charge is 0.423 e. The van der Waals surface area contributed by atoms with E-state index >= 15 is 0 Å². The third-order valence-electron chi connectivity index (χ3n) is 3.62. The Bertz CT molecular complexity index is 1090. The number of carbonyl (C=O) groups excluding carboxylic acids is 1. The fraction of sp³-hybridized carbons (Fsp3) is 0.0500. The van der Waals surface area contributed by atoms with Crippen LogP contribution in [0, 0.1) is 11.3 Å². The minimum Gasteiger partial charge on any atom is -0.423 e. The van der Waals surface area contributed by atoms with Gasteiger partial charge < -0.3 is 4.74 Å². The molecule has 4 nitrogen and oxygen atoms in total. The van der Waals surface area contributed by atoms with Crippen LogP contribution in [0.4, 0.5) is 0 Å². The maximum atomic E-state index is 11.4. The maximum absolute atomic E-state index is 11.4. The van der Waals surface area contributed by atoms with Crippen molar-refractivity contribution in [3.8, 4) is 11.8 Å². The number of rotatable bonds is 3. The van der Waals surface area contributed by atoms with E-state index in [0.29, 0.717) is 27.2 Å². The second-order valence-corrected chi connectivity index (χ2v) is 6.24. The van der Waals surface area contributed by atoms with E-state index in [9.17, 15) is 4.79 Å². The molecular formula is C20H12Cl2N2O2. The van der Waals surface area contributed by atoms with Gasteiger partial charge in [0.25, 0.3) is 0 Å². The fourth-order valence-corrected chi connectivity index (χ4v) is 3.02. The molecule has 1 aromatic heterocycles.